The molecule has 0 radical (unpaired) electrons. The van der Waals surface area contributed by atoms with Gasteiger partial charge in [-0.3, -0.25) is 14.4 Å². The molecule has 1 aromatic rings. The molecule has 1 aliphatic heterocycles. The molecule has 0 saturated heterocycles. The molecule has 0 aromatic heterocycles. The summed E-state index contributed by atoms with van der Waals surface area (Å²) in [5.74, 6) is -3.53. The number of carbonyl (C=O) groups excluding carboxylic acids is 3. The fourth-order valence-electron chi connectivity index (χ4n) is 1.85. The first-order valence-corrected chi connectivity index (χ1v) is 5.37. The zero-order valence-electron chi connectivity index (χ0n) is 9.64. The van der Waals surface area contributed by atoms with Gasteiger partial charge in [-0.1, -0.05) is 13.0 Å². The van der Waals surface area contributed by atoms with E-state index in [0.29, 0.717) is 0 Å². The highest BCUT2D eigenvalue weighted by atomic mass is 19.1. The lowest BCUT2D eigenvalue weighted by atomic mass is 10.1. The Bertz CT molecular complexity index is 556. The van der Waals surface area contributed by atoms with Crippen LogP contribution in [0.1, 0.15) is 17.3 Å². The number of hydrogen-bond donors (Lipinski definition) is 1. The summed E-state index contributed by atoms with van der Waals surface area (Å²) >= 11 is 0. The highest BCUT2D eigenvalue weighted by Crippen LogP contribution is 2.31. The Morgan fingerprint density at radius 1 is 1.44 bits per heavy atom. The summed E-state index contributed by atoms with van der Waals surface area (Å²) in [6.07, 6.45) is 0. The Hall–Kier alpha value is -2.24. The monoisotopic (exact) mass is 250 g/mol. The molecule has 6 heteroatoms. The molecule has 1 aromatic carbocycles. The van der Waals surface area contributed by atoms with E-state index in [1.54, 1.807) is 0 Å². The van der Waals surface area contributed by atoms with Crippen molar-refractivity contribution in [1.82, 2.24) is 0 Å². The van der Waals surface area contributed by atoms with E-state index >= 15 is 0 Å². The highest BCUT2D eigenvalue weighted by Gasteiger charge is 2.38. The maximum absolute atomic E-state index is 13.7. The van der Waals surface area contributed by atoms with Crippen LogP contribution >= 0.6 is 0 Å². The van der Waals surface area contributed by atoms with Gasteiger partial charge in [0.25, 0.3) is 11.7 Å². The number of anilines is 1. The number of nitrogens with zero attached hydrogens (tertiary/aromatic N) is 1. The van der Waals surface area contributed by atoms with Crippen molar-refractivity contribution in [2.75, 3.05) is 11.4 Å². The molecule has 2 rings (SSSR count). The average molecular weight is 250 g/mol. The van der Waals surface area contributed by atoms with Crippen LogP contribution < -0.4 is 10.6 Å². The van der Waals surface area contributed by atoms with Crippen LogP contribution in [0.15, 0.2) is 18.2 Å². The average Bonchev–Trinajstić information content (AvgIpc) is 2.56. The summed E-state index contributed by atoms with van der Waals surface area (Å²) in [5.41, 5.74) is 5.05. The largest absolute Gasteiger partial charge is 0.369 e. The smallest absolute Gasteiger partial charge is 0.299 e. The van der Waals surface area contributed by atoms with Crippen LogP contribution in [0.2, 0.25) is 0 Å². The van der Waals surface area contributed by atoms with E-state index < -0.39 is 29.3 Å². The van der Waals surface area contributed by atoms with Gasteiger partial charge in [-0.15, -0.1) is 0 Å². The topological polar surface area (TPSA) is 80.5 Å². The second kappa shape index (κ2) is 4.21. The molecule has 2 N–H and O–H groups in total. The van der Waals surface area contributed by atoms with Gasteiger partial charge in [0.15, 0.2) is 0 Å². The zero-order valence-corrected chi connectivity index (χ0v) is 9.64. The lowest BCUT2D eigenvalue weighted by Gasteiger charge is -2.19. The Balaban J connectivity index is 2.42. The molecule has 1 atom stereocenters. The zero-order chi connectivity index (χ0) is 13.4. The SMILES string of the molecule is CC(CN1C(=O)C(=O)c2cccc(F)c21)C(N)=O. The number of ketones is 1. The summed E-state index contributed by atoms with van der Waals surface area (Å²) in [5, 5.41) is 0. The number of para-hydroxylation sites is 1. The summed E-state index contributed by atoms with van der Waals surface area (Å²) in [4.78, 5) is 35.3. The molecule has 2 amide bonds. The first-order chi connectivity index (χ1) is 8.43. The van der Waals surface area contributed by atoms with E-state index in [9.17, 15) is 18.8 Å². The summed E-state index contributed by atoms with van der Waals surface area (Å²) in [6, 6.07) is 3.90. The second-order valence-electron chi connectivity index (χ2n) is 4.18. The molecule has 0 spiro atoms. The number of primary amides is 1. The van der Waals surface area contributed by atoms with Crippen molar-refractivity contribution < 1.29 is 18.8 Å². The van der Waals surface area contributed by atoms with E-state index in [1.165, 1.54) is 19.1 Å². The molecule has 5 nitrogen and oxygen atoms in total. The Labute approximate surface area is 102 Å². The van der Waals surface area contributed by atoms with Gasteiger partial charge in [0.1, 0.15) is 5.82 Å². The third-order valence-electron chi connectivity index (χ3n) is 2.88. The molecule has 0 aliphatic carbocycles. The molecule has 1 unspecified atom stereocenters. The number of halogens is 1. The number of nitrogens with two attached hydrogens (primary N) is 1. The summed E-state index contributed by atoms with van der Waals surface area (Å²) < 4.78 is 13.7. The number of hydrogen-bond acceptors (Lipinski definition) is 3. The Morgan fingerprint density at radius 2 is 2.11 bits per heavy atom. The van der Waals surface area contributed by atoms with Crippen LogP contribution in [-0.2, 0) is 9.59 Å². The highest BCUT2D eigenvalue weighted by molar-refractivity contribution is 6.52. The molecule has 1 heterocycles. The van der Waals surface area contributed by atoms with E-state index in [1.807, 2.05) is 0 Å². The predicted molar refractivity (Wildman–Crippen MR) is 61.4 cm³/mol. The second-order valence-corrected chi connectivity index (χ2v) is 4.18. The molecule has 1 aliphatic rings. The van der Waals surface area contributed by atoms with Gasteiger partial charge in [-0.2, -0.15) is 0 Å². The minimum atomic E-state index is -0.830. The molecule has 94 valence electrons. The van der Waals surface area contributed by atoms with Crippen molar-refractivity contribution in [2.45, 2.75) is 6.92 Å². The fourth-order valence-corrected chi connectivity index (χ4v) is 1.85. The standard InChI is InChI=1S/C12H11FN2O3/c1-6(11(14)17)5-15-9-7(10(16)12(15)18)3-2-4-8(9)13/h2-4,6H,5H2,1H3,(H2,14,17). The van der Waals surface area contributed by atoms with Crippen LogP contribution in [0, 0.1) is 11.7 Å². The maximum Gasteiger partial charge on any atom is 0.299 e. The molecule has 0 bridgehead atoms. The molecule has 0 fully saturated rings. The van der Waals surface area contributed by atoms with Gasteiger partial charge in [0.05, 0.1) is 17.2 Å². The summed E-state index contributed by atoms with van der Waals surface area (Å²) in [7, 11) is 0. The number of benzene rings is 1. The number of fused-ring (bicyclic) bond motifs is 1. The van der Waals surface area contributed by atoms with Crippen LogP contribution in [0.4, 0.5) is 10.1 Å². The molecular weight excluding hydrogens is 239 g/mol. The lowest BCUT2D eigenvalue weighted by Crippen LogP contribution is -2.38. The van der Waals surface area contributed by atoms with Crippen molar-refractivity contribution in [1.29, 1.82) is 0 Å². The van der Waals surface area contributed by atoms with Gasteiger partial charge in [-0.25, -0.2) is 4.39 Å². The van der Waals surface area contributed by atoms with Gasteiger partial charge < -0.3 is 10.6 Å². The molecular formula is C12H11FN2O3. The third kappa shape index (κ3) is 1.75. The quantitative estimate of drug-likeness (QED) is 0.792. The molecule has 0 saturated carbocycles. The number of Topliss-reactive ketones (excluding diaryl/α,β-unsaturated/α-hetero) is 1. The van der Waals surface area contributed by atoms with E-state index in [2.05, 4.69) is 0 Å². The lowest BCUT2D eigenvalue weighted by molar-refractivity contribution is -0.121. The van der Waals surface area contributed by atoms with Crippen molar-refractivity contribution in [3.8, 4) is 0 Å². The minimum absolute atomic E-state index is 0.0247. The van der Waals surface area contributed by atoms with Gasteiger partial charge in [0.2, 0.25) is 5.91 Å². The van der Waals surface area contributed by atoms with Gasteiger partial charge in [-0.05, 0) is 12.1 Å². The van der Waals surface area contributed by atoms with Crippen molar-refractivity contribution in [3.63, 3.8) is 0 Å². The predicted octanol–water partition coefficient (Wildman–Crippen LogP) is 0.476. The number of carbonyl (C=O) groups is 3. The van der Waals surface area contributed by atoms with E-state index in [0.717, 1.165) is 11.0 Å². The van der Waals surface area contributed by atoms with Crippen molar-refractivity contribution >= 4 is 23.3 Å². The normalized spacial score (nSPS) is 15.8. The van der Waals surface area contributed by atoms with E-state index in [4.69, 9.17) is 5.73 Å². The fraction of sp³-hybridized carbons (Fsp3) is 0.250. The van der Waals surface area contributed by atoms with E-state index in [-0.39, 0.29) is 17.8 Å². The first-order valence-electron chi connectivity index (χ1n) is 5.37. The van der Waals surface area contributed by atoms with Crippen LogP contribution in [0.5, 0.6) is 0 Å². The van der Waals surface area contributed by atoms with Gasteiger partial charge >= 0.3 is 0 Å². The van der Waals surface area contributed by atoms with Crippen LogP contribution in [-0.4, -0.2) is 24.1 Å². The summed E-state index contributed by atoms with van der Waals surface area (Å²) in [6.45, 7) is 1.41. The third-order valence-corrected chi connectivity index (χ3v) is 2.88. The molecule has 18 heavy (non-hydrogen) atoms. The van der Waals surface area contributed by atoms with Crippen molar-refractivity contribution in [3.05, 3.63) is 29.6 Å². The van der Waals surface area contributed by atoms with Crippen LogP contribution in [0.3, 0.4) is 0 Å². The van der Waals surface area contributed by atoms with Gasteiger partial charge in [0, 0.05) is 6.54 Å². The first kappa shape index (κ1) is 12.2. The number of rotatable bonds is 3. The Kier molecular flexibility index (Phi) is 2.86. The Morgan fingerprint density at radius 3 is 2.72 bits per heavy atom. The minimum Gasteiger partial charge on any atom is -0.369 e. The maximum atomic E-state index is 13.7. The van der Waals surface area contributed by atoms with Crippen LogP contribution in [0.25, 0.3) is 0 Å². The van der Waals surface area contributed by atoms with Crippen molar-refractivity contribution in [2.24, 2.45) is 11.7 Å². The number of amides is 2.